The van der Waals surface area contributed by atoms with Gasteiger partial charge in [-0.2, -0.15) is 0 Å². The number of rotatable bonds is 7. The number of aliphatic imine (C=N–C) groups is 1. The molecule has 0 saturated heterocycles. The second kappa shape index (κ2) is 8.87. The lowest BCUT2D eigenvalue weighted by Crippen LogP contribution is -2.36. The van der Waals surface area contributed by atoms with Gasteiger partial charge in [-0.15, -0.1) is 11.3 Å². The second-order valence-electron chi connectivity index (χ2n) is 6.96. The van der Waals surface area contributed by atoms with Crippen LogP contribution in [0.15, 0.2) is 45.1 Å². The Labute approximate surface area is 172 Å². The summed E-state index contributed by atoms with van der Waals surface area (Å²) in [7, 11) is 0. The number of thioether (sulfide) groups is 1. The summed E-state index contributed by atoms with van der Waals surface area (Å²) in [6.45, 7) is 9.70. The molecule has 6 nitrogen and oxygen atoms in total. The van der Waals surface area contributed by atoms with Gasteiger partial charge in [-0.1, -0.05) is 44.3 Å². The Kier molecular flexibility index (Phi) is 6.51. The van der Waals surface area contributed by atoms with Gasteiger partial charge in [0, 0.05) is 22.3 Å². The van der Waals surface area contributed by atoms with E-state index >= 15 is 0 Å². The molecule has 0 aliphatic carbocycles. The minimum absolute atomic E-state index is 0.117. The smallest absolute Gasteiger partial charge is 0.315 e. The van der Waals surface area contributed by atoms with E-state index in [1.165, 1.54) is 29.2 Å². The summed E-state index contributed by atoms with van der Waals surface area (Å²) in [4.78, 5) is 38.6. The molecule has 8 heteroatoms. The first-order valence-corrected chi connectivity index (χ1v) is 10.9. The zero-order valence-corrected chi connectivity index (χ0v) is 17.7. The van der Waals surface area contributed by atoms with Crippen molar-refractivity contribution in [3.63, 3.8) is 0 Å². The molecule has 28 heavy (non-hydrogen) atoms. The van der Waals surface area contributed by atoms with Gasteiger partial charge in [0.15, 0.2) is 11.0 Å². The molecule has 0 spiro atoms. The van der Waals surface area contributed by atoms with E-state index in [1.807, 2.05) is 17.5 Å². The normalized spacial score (nSPS) is 18.5. The number of H-pyrrole nitrogens is 1. The quantitative estimate of drug-likeness (QED) is 0.316. The zero-order chi connectivity index (χ0) is 20.3. The Balaban J connectivity index is 2.08. The van der Waals surface area contributed by atoms with Gasteiger partial charge in [-0.25, -0.2) is 9.98 Å². The lowest BCUT2D eigenvalue weighted by molar-refractivity contribution is -0.145. The number of hydrogen-bond acceptors (Lipinski definition) is 7. The minimum Gasteiger partial charge on any atom is -0.461 e. The number of thiophene rings is 1. The van der Waals surface area contributed by atoms with Crippen molar-refractivity contribution in [1.29, 1.82) is 0 Å². The average molecular weight is 418 g/mol. The van der Waals surface area contributed by atoms with Crippen molar-refractivity contribution in [3.8, 4) is 0 Å². The first kappa shape index (κ1) is 20.5. The molecule has 0 bridgehead atoms. The van der Waals surface area contributed by atoms with Gasteiger partial charge >= 0.3 is 5.97 Å². The molecule has 2 aromatic rings. The first-order chi connectivity index (χ1) is 13.4. The number of nitrogens with one attached hydrogen (secondary N) is 1. The number of hydrogen-bond donors (Lipinski definition) is 1. The highest BCUT2D eigenvalue weighted by Crippen LogP contribution is 2.42. The molecular weight excluding hydrogens is 394 g/mol. The van der Waals surface area contributed by atoms with Crippen molar-refractivity contribution in [2.45, 2.75) is 31.8 Å². The topological polar surface area (TPSA) is 84.4 Å². The number of nitrogens with zero attached hydrogens (tertiary/aromatic N) is 2. The molecule has 2 aromatic heterocycles. The summed E-state index contributed by atoms with van der Waals surface area (Å²) in [6.07, 6.45) is 1.52. The van der Waals surface area contributed by atoms with Crippen molar-refractivity contribution in [3.05, 3.63) is 51.0 Å². The highest BCUT2D eigenvalue weighted by molar-refractivity contribution is 7.99. The third-order valence-corrected chi connectivity index (χ3v) is 6.55. The number of carbonyl (C=O) groups excluding carboxylic acids is 1. The Morgan fingerprint density at radius 3 is 2.93 bits per heavy atom. The number of carbonyl (C=O) groups is 1. The lowest BCUT2D eigenvalue weighted by atomic mass is 9.80. The van der Waals surface area contributed by atoms with E-state index in [-0.39, 0.29) is 12.2 Å². The van der Waals surface area contributed by atoms with Gasteiger partial charge in [0.1, 0.15) is 12.5 Å². The van der Waals surface area contributed by atoms with Crippen LogP contribution in [0, 0.1) is 11.8 Å². The van der Waals surface area contributed by atoms with E-state index in [0.29, 0.717) is 28.2 Å². The summed E-state index contributed by atoms with van der Waals surface area (Å²) in [5.74, 6) is 0.157. The van der Waals surface area contributed by atoms with Crippen molar-refractivity contribution in [1.82, 2.24) is 9.97 Å². The van der Waals surface area contributed by atoms with Crippen LogP contribution < -0.4 is 5.56 Å². The highest BCUT2D eigenvalue weighted by atomic mass is 32.2. The molecule has 1 aliphatic rings. The Hall–Kier alpha value is -2.19. The van der Waals surface area contributed by atoms with Crippen molar-refractivity contribution in [2.75, 3.05) is 12.4 Å². The average Bonchev–Trinajstić information content (AvgIpc) is 3.17. The van der Waals surface area contributed by atoms with Crippen LogP contribution in [0.2, 0.25) is 0 Å². The minimum atomic E-state index is -0.664. The van der Waals surface area contributed by atoms with Gasteiger partial charge in [0.05, 0.1) is 5.56 Å². The number of aromatic amines is 1. The van der Waals surface area contributed by atoms with E-state index in [1.54, 1.807) is 6.92 Å². The summed E-state index contributed by atoms with van der Waals surface area (Å²) < 4.78 is 5.30. The summed E-state index contributed by atoms with van der Waals surface area (Å²) in [5, 5.41) is 2.48. The van der Waals surface area contributed by atoms with Crippen molar-refractivity contribution < 1.29 is 9.53 Å². The highest BCUT2D eigenvalue weighted by Gasteiger charge is 2.41. The van der Waals surface area contributed by atoms with E-state index in [0.717, 1.165) is 10.6 Å². The molecule has 3 heterocycles. The maximum absolute atomic E-state index is 13.0. The van der Waals surface area contributed by atoms with Gasteiger partial charge in [-0.3, -0.25) is 9.59 Å². The number of ether oxygens (including phenoxy) is 1. The van der Waals surface area contributed by atoms with Gasteiger partial charge in [0.25, 0.3) is 5.56 Å². The molecular formula is C20H23N3O3S2. The van der Waals surface area contributed by atoms with Crippen LogP contribution in [0.5, 0.6) is 0 Å². The fourth-order valence-corrected chi connectivity index (χ4v) is 4.77. The Morgan fingerprint density at radius 2 is 2.29 bits per heavy atom. The van der Waals surface area contributed by atoms with Crippen LogP contribution in [0.25, 0.3) is 0 Å². The van der Waals surface area contributed by atoms with Crippen molar-refractivity contribution in [2.24, 2.45) is 16.8 Å². The van der Waals surface area contributed by atoms with E-state index in [9.17, 15) is 9.59 Å². The molecule has 2 unspecified atom stereocenters. The predicted octanol–water partition coefficient (Wildman–Crippen LogP) is 4.16. The van der Waals surface area contributed by atoms with Crippen LogP contribution in [0.1, 0.15) is 37.1 Å². The van der Waals surface area contributed by atoms with Crippen LogP contribution in [0.4, 0.5) is 5.82 Å². The summed E-state index contributed by atoms with van der Waals surface area (Å²) in [5.41, 5.74) is 0.757. The monoisotopic (exact) mass is 417 g/mol. The fourth-order valence-electron chi connectivity index (χ4n) is 3.09. The maximum Gasteiger partial charge on any atom is 0.315 e. The van der Waals surface area contributed by atoms with E-state index in [2.05, 4.69) is 35.4 Å². The molecule has 0 amide bonds. The molecule has 148 valence electrons. The van der Waals surface area contributed by atoms with Gasteiger partial charge < -0.3 is 9.72 Å². The largest absolute Gasteiger partial charge is 0.461 e. The van der Waals surface area contributed by atoms with Gasteiger partial charge in [0.2, 0.25) is 0 Å². The molecule has 0 saturated carbocycles. The Bertz CT molecular complexity index is 948. The van der Waals surface area contributed by atoms with Crippen LogP contribution in [-0.4, -0.2) is 34.0 Å². The third kappa shape index (κ3) is 4.28. The van der Waals surface area contributed by atoms with Gasteiger partial charge in [-0.05, 0) is 24.3 Å². The summed E-state index contributed by atoms with van der Waals surface area (Å²) in [6, 6.07) is 3.83. The van der Waals surface area contributed by atoms with E-state index in [4.69, 9.17) is 4.74 Å². The molecule has 0 radical (unpaired) electrons. The molecule has 3 rings (SSSR count). The van der Waals surface area contributed by atoms with Crippen LogP contribution in [0.3, 0.4) is 0 Å². The number of aromatic nitrogens is 2. The zero-order valence-electron chi connectivity index (χ0n) is 16.1. The molecule has 0 fully saturated rings. The first-order valence-electron chi connectivity index (χ1n) is 9.05. The number of fused-ring (bicyclic) bond motifs is 1. The van der Waals surface area contributed by atoms with E-state index < -0.39 is 17.8 Å². The van der Waals surface area contributed by atoms with Crippen LogP contribution in [-0.2, 0) is 9.53 Å². The molecule has 2 atom stereocenters. The third-order valence-electron chi connectivity index (χ3n) is 4.29. The fraction of sp³-hybridized carbons (Fsp3) is 0.400. The van der Waals surface area contributed by atoms with Crippen molar-refractivity contribution >= 4 is 40.6 Å². The summed E-state index contributed by atoms with van der Waals surface area (Å²) >= 11 is 3.00. The second-order valence-corrected chi connectivity index (χ2v) is 8.94. The Morgan fingerprint density at radius 1 is 1.50 bits per heavy atom. The predicted molar refractivity (Wildman–Crippen MR) is 114 cm³/mol. The van der Waals surface area contributed by atoms with Crippen LogP contribution >= 0.6 is 23.1 Å². The molecule has 1 aliphatic heterocycles. The number of esters is 1. The molecule has 0 aromatic carbocycles. The lowest BCUT2D eigenvalue weighted by Gasteiger charge is -2.29. The molecule has 1 N–H and O–H groups in total. The maximum atomic E-state index is 13.0. The standard InChI is InChI=1S/C20H23N3O3S2/c1-5-8-26-19(25)14-12(4)21-17-16(15(14)13-7-6-9-27-13)18(24)23-20(22-17)28-10-11(2)3/h5-7,9,11,14-15H,1,8,10H2,2-4H3,(H,22,23,24). The SMILES string of the molecule is C=CCOC(=O)C1C(C)=Nc2nc(SCC(C)C)[nH]c(=O)c2C1c1cccs1.